The number of ether oxygens (including phenoxy) is 2. The second-order valence-electron chi connectivity index (χ2n) is 4.84. The van der Waals surface area contributed by atoms with Crippen molar-refractivity contribution in [3.8, 4) is 5.75 Å². The van der Waals surface area contributed by atoms with E-state index in [4.69, 9.17) is 32.7 Å². The van der Waals surface area contributed by atoms with Crippen molar-refractivity contribution < 1.29 is 19.1 Å². The molecule has 0 aromatic heterocycles. The number of halogens is 2. The van der Waals surface area contributed by atoms with Crippen LogP contribution in [-0.2, 0) is 9.53 Å². The highest BCUT2D eigenvalue weighted by Crippen LogP contribution is 2.27. The van der Waals surface area contributed by atoms with Gasteiger partial charge < -0.3 is 14.8 Å². The Bertz CT molecular complexity index is 764. The minimum atomic E-state index is -1.03. The van der Waals surface area contributed by atoms with Crippen molar-refractivity contribution in [1.29, 1.82) is 0 Å². The number of carbonyl (C=O) groups excluding carboxylic acids is 2. The minimum Gasteiger partial charge on any atom is -0.495 e. The van der Waals surface area contributed by atoms with Crippen LogP contribution in [0.3, 0.4) is 0 Å². The van der Waals surface area contributed by atoms with E-state index in [9.17, 15) is 9.59 Å². The molecule has 0 aliphatic heterocycles. The Hall–Kier alpha value is -2.24. The van der Waals surface area contributed by atoms with E-state index in [1.54, 1.807) is 36.4 Å². The molecule has 2 aromatic carbocycles. The first-order valence-electron chi connectivity index (χ1n) is 7.03. The summed E-state index contributed by atoms with van der Waals surface area (Å²) in [6.45, 7) is 1.46. The molecule has 0 aliphatic rings. The highest BCUT2D eigenvalue weighted by Gasteiger charge is 2.22. The molecule has 2 aromatic rings. The number of hydrogen-bond donors (Lipinski definition) is 1. The van der Waals surface area contributed by atoms with Gasteiger partial charge in [-0.25, -0.2) is 4.79 Å². The lowest BCUT2D eigenvalue weighted by atomic mass is 10.2. The van der Waals surface area contributed by atoms with E-state index < -0.39 is 18.0 Å². The van der Waals surface area contributed by atoms with Gasteiger partial charge in [-0.3, -0.25) is 4.79 Å². The largest absolute Gasteiger partial charge is 0.495 e. The number of para-hydroxylation sites is 2. The second kappa shape index (κ2) is 8.04. The monoisotopic (exact) mass is 367 g/mol. The van der Waals surface area contributed by atoms with Crippen molar-refractivity contribution in [2.24, 2.45) is 0 Å². The average Bonchev–Trinajstić information content (AvgIpc) is 2.57. The Morgan fingerprint density at radius 1 is 1.08 bits per heavy atom. The molecular formula is C17H15Cl2NO4. The third-order valence-corrected chi connectivity index (χ3v) is 4.01. The Morgan fingerprint density at radius 3 is 2.50 bits per heavy atom. The van der Waals surface area contributed by atoms with Crippen molar-refractivity contribution in [2.75, 3.05) is 12.4 Å². The highest BCUT2D eigenvalue weighted by atomic mass is 35.5. The van der Waals surface area contributed by atoms with Gasteiger partial charge in [0, 0.05) is 0 Å². The molecule has 0 bridgehead atoms. The molecule has 0 aliphatic carbocycles. The number of benzene rings is 2. The third-order valence-electron chi connectivity index (χ3n) is 3.19. The average molecular weight is 368 g/mol. The van der Waals surface area contributed by atoms with E-state index in [0.29, 0.717) is 11.4 Å². The molecule has 5 nitrogen and oxygen atoms in total. The molecule has 0 saturated heterocycles. The molecule has 126 valence electrons. The molecule has 0 saturated carbocycles. The Labute approximate surface area is 149 Å². The molecule has 0 radical (unpaired) electrons. The maximum absolute atomic E-state index is 12.2. The molecule has 0 heterocycles. The minimum absolute atomic E-state index is 0.0847. The van der Waals surface area contributed by atoms with Crippen LogP contribution in [-0.4, -0.2) is 25.1 Å². The maximum Gasteiger partial charge on any atom is 0.340 e. The standard InChI is InChI=1S/C17H15Cl2NO4/c1-10(16(21)20-13-8-3-4-9-14(13)23-2)24-17(22)11-6-5-7-12(18)15(11)19/h3-10H,1-2H3,(H,20,21)/t10-/m0/s1. The van der Waals surface area contributed by atoms with Crippen molar-refractivity contribution in [3.63, 3.8) is 0 Å². The fourth-order valence-corrected chi connectivity index (χ4v) is 2.30. The number of nitrogens with one attached hydrogen (secondary N) is 1. The summed E-state index contributed by atoms with van der Waals surface area (Å²) in [7, 11) is 1.50. The lowest BCUT2D eigenvalue weighted by molar-refractivity contribution is -0.123. The third kappa shape index (κ3) is 4.19. The van der Waals surface area contributed by atoms with Crippen LogP contribution >= 0.6 is 23.2 Å². The molecule has 1 N–H and O–H groups in total. The normalized spacial score (nSPS) is 11.5. The summed E-state index contributed by atoms with van der Waals surface area (Å²) in [6, 6.07) is 11.5. The first-order chi connectivity index (χ1) is 11.4. The summed E-state index contributed by atoms with van der Waals surface area (Å²) in [6.07, 6.45) is -1.03. The van der Waals surface area contributed by atoms with Crippen LogP contribution in [0.25, 0.3) is 0 Å². The van der Waals surface area contributed by atoms with Gasteiger partial charge in [-0.1, -0.05) is 41.4 Å². The Kier molecular flexibility index (Phi) is 6.06. The topological polar surface area (TPSA) is 64.6 Å². The van der Waals surface area contributed by atoms with Gasteiger partial charge in [0.1, 0.15) is 5.75 Å². The number of carbonyl (C=O) groups is 2. The quantitative estimate of drug-likeness (QED) is 0.804. The van der Waals surface area contributed by atoms with E-state index in [0.717, 1.165) is 0 Å². The number of methoxy groups -OCH3 is 1. The van der Waals surface area contributed by atoms with Crippen LogP contribution in [0.5, 0.6) is 5.75 Å². The molecule has 1 atom stereocenters. The van der Waals surface area contributed by atoms with E-state index in [1.807, 2.05) is 0 Å². The van der Waals surface area contributed by atoms with Crippen LogP contribution < -0.4 is 10.1 Å². The Balaban J connectivity index is 2.06. The van der Waals surface area contributed by atoms with Gasteiger partial charge >= 0.3 is 5.97 Å². The number of esters is 1. The van der Waals surface area contributed by atoms with E-state index in [-0.39, 0.29) is 15.6 Å². The number of anilines is 1. The van der Waals surface area contributed by atoms with Crippen LogP contribution in [0.4, 0.5) is 5.69 Å². The molecule has 7 heteroatoms. The van der Waals surface area contributed by atoms with E-state index >= 15 is 0 Å². The fourth-order valence-electron chi connectivity index (χ4n) is 1.92. The summed E-state index contributed by atoms with van der Waals surface area (Å²) < 4.78 is 10.3. The lowest BCUT2D eigenvalue weighted by Crippen LogP contribution is -2.30. The van der Waals surface area contributed by atoms with Gasteiger partial charge in [0.05, 0.1) is 28.4 Å². The first kappa shape index (κ1) is 18.1. The van der Waals surface area contributed by atoms with Crippen LogP contribution in [0.2, 0.25) is 10.0 Å². The maximum atomic E-state index is 12.2. The predicted octanol–water partition coefficient (Wildman–Crippen LogP) is 4.19. The van der Waals surface area contributed by atoms with Gasteiger partial charge in [0.25, 0.3) is 5.91 Å². The van der Waals surface area contributed by atoms with Crippen molar-refractivity contribution in [2.45, 2.75) is 13.0 Å². The summed E-state index contributed by atoms with van der Waals surface area (Å²) in [5.41, 5.74) is 0.579. The number of hydrogen-bond acceptors (Lipinski definition) is 4. The Morgan fingerprint density at radius 2 is 1.79 bits per heavy atom. The van der Waals surface area contributed by atoms with E-state index in [2.05, 4.69) is 5.32 Å². The summed E-state index contributed by atoms with van der Waals surface area (Å²) in [4.78, 5) is 24.3. The molecule has 24 heavy (non-hydrogen) atoms. The van der Waals surface area contributed by atoms with Crippen LogP contribution in [0, 0.1) is 0 Å². The van der Waals surface area contributed by atoms with Gasteiger partial charge in [0.2, 0.25) is 0 Å². The highest BCUT2D eigenvalue weighted by molar-refractivity contribution is 6.43. The van der Waals surface area contributed by atoms with Gasteiger partial charge in [-0.15, -0.1) is 0 Å². The molecular weight excluding hydrogens is 353 g/mol. The van der Waals surface area contributed by atoms with E-state index in [1.165, 1.54) is 20.1 Å². The SMILES string of the molecule is COc1ccccc1NC(=O)[C@H](C)OC(=O)c1cccc(Cl)c1Cl. The first-order valence-corrected chi connectivity index (χ1v) is 7.78. The zero-order valence-corrected chi connectivity index (χ0v) is 14.5. The lowest BCUT2D eigenvalue weighted by Gasteiger charge is -2.15. The smallest absolute Gasteiger partial charge is 0.340 e. The molecule has 0 spiro atoms. The summed E-state index contributed by atoms with van der Waals surface area (Å²) in [5, 5.41) is 2.96. The zero-order valence-electron chi connectivity index (χ0n) is 13.0. The summed E-state index contributed by atoms with van der Waals surface area (Å²) >= 11 is 11.8. The molecule has 0 unspecified atom stereocenters. The predicted molar refractivity (Wildman–Crippen MR) is 93.0 cm³/mol. The van der Waals surface area contributed by atoms with Crippen LogP contribution in [0.1, 0.15) is 17.3 Å². The number of amides is 1. The fraction of sp³-hybridized carbons (Fsp3) is 0.176. The zero-order chi connectivity index (χ0) is 17.7. The number of rotatable bonds is 5. The van der Waals surface area contributed by atoms with Gasteiger partial charge in [0.15, 0.2) is 6.10 Å². The van der Waals surface area contributed by atoms with Crippen molar-refractivity contribution in [1.82, 2.24) is 0 Å². The molecule has 0 fully saturated rings. The molecule has 2 rings (SSSR count). The molecule has 1 amide bonds. The van der Waals surface area contributed by atoms with Crippen molar-refractivity contribution >= 4 is 40.8 Å². The summed E-state index contributed by atoms with van der Waals surface area (Å²) in [5.74, 6) is -0.724. The van der Waals surface area contributed by atoms with Gasteiger partial charge in [-0.05, 0) is 31.2 Å². The van der Waals surface area contributed by atoms with Gasteiger partial charge in [-0.2, -0.15) is 0 Å². The second-order valence-corrected chi connectivity index (χ2v) is 5.62. The van der Waals surface area contributed by atoms with Crippen LogP contribution in [0.15, 0.2) is 42.5 Å². The van der Waals surface area contributed by atoms with Crippen molar-refractivity contribution in [3.05, 3.63) is 58.1 Å².